The lowest BCUT2D eigenvalue weighted by atomic mass is 10.1. The monoisotopic (exact) mass is 257 g/mol. The van der Waals surface area contributed by atoms with E-state index in [0.717, 1.165) is 11.5 Å². The van der Waals surface area contributed by atoms with Gasteiger partial charge in [0, 0.05) is 0 Å². The molecule has 0 amide bonds. The molecular formula is C10H12BrNO2. The highest BCUT2D eigenvalue weighted by molar-refractivity contribution is 9.09. The van der Waals surface area contributed by atoms with E-state index in [4.69, 9.17) is 9.47 Å². The summed E-state index contributed by atoms with van der Waals surface area (Å²) in [6, 6.07) is 4.01. The van der Waals surface area contributed by atoms with E-state index in [1.165, 1.54) is 11.1 Å². The van der Waals surface area contributed by atoms with Crippen molar-refractivity contribution in [3.05, 3.63) is 23.3 Å². The second-order valence-corrected chi connectivity index (χ2v) is 4.13. The SMILES string of the molecule is CNC(Br)c1cc2c(cc1C)OCO2. The number of hydrogen-bond acceptors (Lipinski definition) is 3. The predicted molar refractivity (Wildman–Crippen MR) is 58.0 cm³/mol. The third kappa shape index (κ3) is 1.60. The fourth-order valence-electron chi connectivity index (χ4n) is 1.49. The zero-order chi connectivity index (χ0) is 10.1. The molecule has 0 saturated heterocycles. The number of nitrogens with one attached hydrogen (secondary N) is 1. The Bertz CT molecular complexity index is 354. The first-order chi connectivity index (χ1) is 6.72. The second-order valence-electron chi connectivity index (χ2n) is 3.21. The van der Waals surface area contributed by atoms with Crippen LogP contribution in [0.2, 0.25) is 0 Å². The summed E-state index contributed by atoms with van der Waals surface area (Å²) >= 11 is 3.54. The first kappa shape index (κ1) is 9.80. The maximum Gasteiger partial charge on any atom is 0.231 e. The van der Waals surface area contributed by atoms with E-state index >= 15 is 0 Å². The quantitative estimate of drug-likeness (QED) is 0.652. The van der Waals surface area contributed by atoms with Gasteiger partial charge in [-0.3, -0.25) is 0 Å². The molecule has 14 heavy (non-hydrogen) atoms. The van der Waals surface area contributed by atoms with Crippen LogP contribution in [-0.2, 0) is 0 Å². The Morgan fingerprint density at radius 2 is 2.00 bits per heavy atom. The summed E-state index contributed by atoms with van der Waals surface area (Å²) in [6.45, 7) is 2.38. The van der Waals surface area contributed by atoms with Gasteiger partial charge in [0.1, 0.15) is 0 Å². The number of ether oxygens (including phenoxy) is 2. The number of rotatable bonds is 2. The minimum absolute atomic E-state index is 0.150. The van der Waals surface area contributed by atoms with Gasteiger partial charge in [-0.15, -0.1) is 0 Å². The van der Waals surface area contributed by atoms with Crippen molar-refractivity contribution in [3.8, 4) is 11.5 Å². The normalized spacial score (nSPS) is 15.6. The number of hydrogen-bond donors (Lipinski definition) is 1. The second kappa shape index (κ2) is 3.79. The standard InChI is InChI=1S/C10H12BrNO2/c1-6-3-8-9(14-5-13-8)4-7(6)10(11)12-2/h3-4,10,12H,5H2,1-2H3. The molecule has 1 heterocycles. The average molecular weight is 258 g/mol. The lowest BCUT2D eigenvalue weighted by Gasteiger charge is -2.12. The van der Waals surface area contributed by atoms with Gasteiger partial charge in [-0.1, -0.05) is 15.9 Å². The highest BCUT2D eigenvalue weighted by atomic mass is 79.9. The molecule has 1 aromatic rings. The molecule has 3 nitrogen and oxygen atoms in total. The topological polar surface area (TPSA) is 30.5 Å². The van der Waals surface area contributed by atoms with E-state index in [-0.39, 0.29) is 4.95 Å². The van der Waals surface area contributed by atoms with Crippen LogP contribution in [-0.4, -0.2) is 13.8 Å². The Morgan fingerprint density at radius 1 is 1.36 bits per heavy atom. The van der Waals surface area contributed by atoms with Crippen molar-refractivity contribution in [1.82, 2.24) is 5.32 Å². The van der Waals surface area contributed by atoms with Crippen molar-refractivity contribution in [2.45, 2.75) is 11.9 Å². The Labute approximate surface area is 91.5 Å². The van der Waals surface area contributed by atoms with Crippen LogP contribution in [0.25, 0.3) is 0 Å². The van der Waals surface area contributed by atoms with Gasteiger partial charge in [0.25, 0.3) is 0 Å². The van der Waals surface area contributed by atoms with Gasteiger partial charge >= 0.3 is 0 Å². The third-order valence-electron chi connectivity index (χ3n) is 2.29. The molecule has 0 aliphatic carbocycles. The van der Waals surface area contributed by atoms with Gasteiger partial charge in [-0.25, -0.2) is 0 Å². The highest BCUT2D eigenvalue weighted by Crippen LogP contribution is 2.37. The minimum Gasteiger partial charge on any atom is -0.454 e. The molecule has 1 atom stereocenters. The lowest BCUT2D eigenvalue weighted by molar-refractivity contribution is 0.174. The Kier molecular flexibility index (Phi) is 2.65. The summed E-state index contributed by atoms with van der Waals surface area (Å²) in [5, 5.41) is 3.13. The van der Waals surface area contributed by atoms with Gasteiger partial charge in [-0.2, -0.15) is 0 Å². The van der Waals surface area contributed by atoms with E-state index in [9.17, 15) is 0 Å². The maximum absolute atomic E-state index is 5.32. The number of alkyl halides is 1. The Balaban J connectivity index is 2.42. The first-order valence-corrected chi connectivity index (χ1v) is 5.35. The number of benzene rings is 1. The fraction of sp³-hybridized carbons (Fsp3) is 0.400. The van der Waals surface area contributed by atoms with E-state index in [1.807, 2.05) is 19.2 Å². The van der Waals surface area contributed by atoms with E-state index in [0.29, 0.717) is 6.79 Å². The molecule has 1 aliphatic rings. The van der Waals surface area contributed by atoms with Crippen molar-refractivity contribution in [1.29, 1.82) is 0 Å². The summed E-state index contributed by atoms with van der Waals surface area (Å²) in [5.74, 6) is 1.66. The van der Waals surface area contributed by atoms with E-state index in [1.54, 1.807) is 0 Å². The molecule has 1 aromatic carbocycles. The summed E-state index contributed by atoms with van der Waals surface area (Å²) in [6.07, 6.45) is 0. The molecule has 0 radical (unpaired) electrons. The lowest BCUT2D eigenvalue weighted by Crippen LogP contribution is -2.10. The summed E-state index contributed by atoms with van der Waals surface area (Å²) in [4.78, 5) is 0.150. The molecule has 0 saturated carbocycles. The van der Waals surface area contributed by atoms with Gasteiger partial charge in [0.15, 0.2) is 11.5 Å². The molecule has 0 spiro atoms. The summed E-state index contributed by atoms with van der Waals surface area (Å²) in [5.41, 5.74) is 2.36. The third-order valence-corrected chi connectivity index (χ3v) is 3.24. The molecule has 2 rings (SSSR count). The molecule has 1 unspecified atom stereocenters. The van der Waals surface area contributed by atoms with Crippen LogP contribution in [0, 0.1) is 6.92 Å². The molecule has 0 bridgehead atoms. The zero-order valence-electron chi connectivity index (χ0n) is 8.13. The molecule has 4 heteroatoms. The Morgan fingerprint density at radius 3 is 2.64 bits per heavy atom. The van der Waals surface area contributed by atoms with Crippen LogP contribution in [0.1, 0.15) is 16.1 Å². The van der Waals surface area contributed by atoms with Crippen molar-refractivity contribution < 1.29 is 9.47 Å². The van der Waals surface area contributed by atoms with Crippen LogP contribution in [0.5, 0.6) is 11.5 Å². The van der Waals surface area contributed by atoms with Crippen molar-refractivity contribution in [3.63, 3.8) is 0 Å². The molecule has 1 aliphatic heterocycles. The van der Waals surface area contributed by atoms with Crippen molar-refractivity contribution >= 4 is 15.9 Å². The number of aryl methyl sites for hydroxylation is 1. The zero-order valence-corrected chi connectivity index (χ0v) is 9.72. The van der Waals surface area contributed by atoms with Crippen LogP contribution in [0.3, 0.4) is 0 Å². The van der Waals surface area contributed by atoms with Crippen molar-refractivity contribution in [2.24, 2.45) is 0 Å². The largest absolute Gasteiger partial charge is 0.454 e. The molecule has 1 N–H and O–H groups in total. The van der Waals surface area contributed by atoms with Gasteiger partial charge in [0.2, 0.25) is 6.79 Å². The summed E-state index contributed by atoms with van der Waals surface area (Å²) in [7, 11) is 1.91. The average Bonchev–Trinajstić information content (AvgIpc) is 2.62. The van der Waals surface area contributed by atoms with Crippen LogP contribution < -0.4 is 14.8 Å². The highest BCUT2D eigenvalue weighted by Gasteiger charge is 2.18. The molecule has 76 valence electrons. The van der Waals surface area contributed by atoms with Crippen LogP contribution in [0.4, 0.5) is 0 Å². The smallest absolute Gasteiger partial charge is 0.231 e. The van der Waals surface area contributed by atoms with Gasteiger partial charge in [0.05, 0.1) is 4.95 Å². The number of fused-ring (bicyclic) bond motifs is 1. The first-order valence-electron chi connectivity index (χ1n) is 4.44. The molecule has 0 aromatic heterocycles. The van der Waals surface area contributed by atoms with Gasteiger partial charge < -0.3 is 14.8 Å². The van der Waals surface area contributed by atoms with E-state index < -0.39 is 0 Å². The van der Waals surface area contributed by atoms with Crippen LogP contribution in [0.15, 0.2) is 12.1 Å². The number of halogens is 1. The maximum atomic E-state index is 5.32. The molecule has 0 fully saturated rings. The van der Waals surface area contributed by atoms with E-state index in [2.05, 4.69) is 28.2 Å². The minimum atomic E-state index is 0.150. The molecular weight excluding hydrogens is 246 g/mol. The fourth-order valence-corrected chi connectivity index (χ4v) is 1.98. The summed E-state index contributed by atoms with van der Waals surface area (Å²) < 4.78 is 10.6. The van der Waals surface area contributed by atoms with Crippen LogP contribution >= 0.6 is 15.9 Å². The predicted octanol–water partition coefficient (Wildman–Crippen LogP) is 2.34. The van der Waals surface area contributed by atoms with Gasteiger partial charge in [-0.05, 0) is 37.2 Å². The van der Waals surface area contributed by atoms with Crippen molar-refractivity contribution in [2.75, 3.05) is 13.8 Å². The Hall–Kier alpha value is -0.740.